The van der Waals surface area contributed by atoms with E-state index in [0.717, 1.165) is 23.3 Å². The van der Waals surface area contributed by atoms with E-state index in [1.807, 2.05) is 0 Å². The first kappa shape index (κ1) is 30.2. The standard InChI is InChI=1S/C20H27F2N5O5.C6H5NO/c1-3-31-19(29)24-10-14-12-27(20(30)32-14)13-8-15(21)18(16(22)9-13)26-6-4-25(5-7-26)17(28)11-23-2;8-5-6-2-1-3-7-4-6/h8-9,14,23H,3-7,10-12H2,1-2H3,(H,24,29);1-5H. The van der Waals surface area contributed by atoms with Crippen LogP contribution in [-0.4, -0.2) is 99.8 Å². The third-order valence-corrected chi connectivity index (χ3v) is 6.03. The van der Waals surface area contributed by atoms with Crippen molar-refractivity contribution < 1.29 is 37.4 Å². The van der Waals surface area contributed by atoms with Crippen molar-refractivity contribution in [1.82, 2.24) is 20.5 Å². The molecule has 12 nitrogen and oxygen atoms in total. The number of alkyl carbamates (subject to hydrolysis) is 1. The number of anilines is 2. The third kappa shape index (κ3) is 8.09. The minimum atomic E-state index is -0.809. The van der Waals surface area contributed by atoms with Crippen molar-refractivity contribution in [1.29, 1.82) is 0 Å². The fourth-order valence-electron chi connectivity index (χ4n) is 4.12. The zero-order valence-corrected chi connectivity index (χ0v) is 22.3. The molecule has 4 rings (SSSR count). The fourth-order valence-corrected chi connectivity index (χ4v) is 4.12. The van der Waals surface area contributed by atoms with Gasteiger partial charge in [0.15, 0.2) is 17.9 Å². The number of halogens is 2. The van der Waals surface area contributed by atoms with Gasteiger partial charge in [-0.3, -0.25) is 19.5 Å². The second-order valence-electron chi connectivity index (χ2n) is 8.78. The maximum absolute atomic E-state index is 14.9. The van der Waals surface area contributed by atoms with E-state index < -0.39 is 29.9 Å². The number of piperazine rings is 1. The van der Waals surface area contributed by atoms with Crippen molar-refractivity contribution >= 4 is 35.8 Å². The van der Waals surface area contributed by atoms with Crippen LogP contribution in [0.3, 0.4) is 0 Å². The molecule has 3 amide bonds. The van der Waals surface area contributed by atoms with Crippen LogP contribution in [-0.2, 0) is 14.3 Å². The fraction of sp³-hybridized carbons (Fsp3) is 0.423. The lowest BCUT2D eigenvalue weighted by Crippen LogP contribution is -2.51. The number of aromatic nitrogens is 1. The first-order valence-electron chi connectivity index (χ1n) is 12.7. The molecule has 14 heteroatoms. The average molecular weight is 563 g/mol. The van der Waals surface area contributed by atoms with Gasteiger partial charge in [0.25, 0.3) is 0 Å². The van der Waals surface area contributed by atoms with Gasteiger partial charge in [0.1, 0.15) is 11.8 Å². The smallest absolute Gasteiger partial charge is 0.414 e. The van der Waals surface area contributed by atoms with Crippen LogP contribution in [0.25, 0.3) is 0 Å². The Labute approximate surface area is 230 Å². The molecule has 0 radical (unpaired) electrons. The summed E-state index contributed by atoms with van der Waals surface area (Å²) in [4.78, 5) is 53.5. The lowest BCUT2D eigenvalue weighted by Gasteiger charge is -2.36. The summed E-state index contributed by atoms with van der Waals surface area (Å²) in [6.07, 6.45) is 1.84. The Morgan fingerprint density at radius 1 is 1.20 bits per heavy atom. The molecule has 0 saturated carbocycles. The van der Waals surface area contributed by atoms with E-state index in [-0.39, 0.29) is 56.6 Å². The van der Waals surface area contributed by atoms with Crippen molar-refractivity contribution in [2.24, 2.45) is 0 Å². The average Bonchev–Trinajstić information content (AvgIpc) is 3.33. The molecule has 216 valence electrons. The summed E-state index contributed by atoms with van der Waals surface area (Å²) in [5.41, 5.74) is 0.449. The van der Waals surface area contributed by atoms with Gasteiger partial charge in [-0.15, -0.1) is 0 Å². The number of ether oxygens (including phenoxy) is 2. The van der Waals surface area contributed by atoms with Crippen LogP contribution in [0.4, 0.5) is 29.7 Å². The lowest BCUT2D eigenvalue weighted by atomic mass is 10.2. The van der Waals surface area contributed by atoms with Crippen molar-refractivity contribution in [2.45, 2.75) is 13.0 Å². The topological polar surface area (TPSA) is 133 Å². The number of aldehydes is 1. The number of pyridine rings is 1. The molecule has 1 aromatic heterocycles. The van der Waals surface area contributed by atoms with E-state index in [1.54, 1.807) is 42.1 Å². The summed E-state index contributed by atoms with van der Waals surface area (Å²) in [6, 6.07) is 5.60. The van der Waals surface area contributed by atoms with Crippen LogP contribution < -0.4 is 20.4 Å². The van der Waals surface area contributed by atoms with Crippen LogP contribution in [0.5, 0.6) is 0 Å². The number of nitrogens with one attached hydrogen (secondary N) is 2. The van der Waals surface area contributed by atoms with Crippen molar-refractivity contribution in [3.8, 4) is 0 Å². The number of likely N-dealkylation sites (N-methyl/N-ethyl adjacent to an activating group) is 1. The largest absolute Gasteiger partial charge is 0.450 e. The molecule has 0 spiro atoms. The van der Waals surface area contributed by atoms with Crippen molar-refractivity contribution in [3.63, 3.8) is 0 Å². The number of carbonyl (C=O) groups excluding carboxylic acids is 4. The molecule has 2 fully saturated rings. The Morgan fingerprint density at radius 2 is 1.90 bits per heavy atom. The zero-order valence-electron chi connectivity index (χ0n) is 22.3. The summed E-state index contributed by atoms with van der Waals surface area (Å²) in [5, 5.41) is 5.25. The van der Waals surface area contributed by atoms with Gasteiger partial charge in [-0.05, 0) is 26.1 Å². The van der Waals surface area contributed by atoms with Gasteiger partial charge in [0, 0.05) is 56.3 Å². The molecular weight excluding hydrogens is 530 g/mol. The molecule has 2 aliphatic heterocycles. The van der Waals surface area contributed by atoms with E-state index >= 15 is 0 Å². The molecular formula is C26H32F2N6O6. The quantitative estimate of drug-likeness (QED) is 0.462. The molecule has 3 heterocycles. The minimum absolute atomic E-state index is 0.0146. The minimum Gasteiger partial charge on any atom is -0.450 e. The normalized spacial score (nSPS) is 16.6. The van der Waals surface area contributed by atoms with Crippen molar-refractivity contribution in [2.75, 3.05) is 69.3 Å². The van der Waals surface area contributed by atoms with Crippen LogP contribution in [0, 0.1) is 11.6 Å². The predicted octanol–water partition coefficient (Wildman–Crippen LogP) is 1.80. The highest BCUT2D eigenvalue weighted by atomic mass is 19.1. The highest BCUT2D eigenvalue weighted by Gasteiger charge is 2.34. The van der Waals surface area contributed by atoms with Gasteiger partial charge >= 0.3 is 12.2 Å². The number of cyclic esters (lactones) is 1. The number of hydrogen-bond donors (Lipinski definition) is 2. The monoisotopic (exact) mass is 562 g/mol. The molecule has 1 unspecified atom stereocenters. The Kier molecular flexibility index (Phi) is 11.1. The van der Waals surface area contributed by atoms with Crippen molar-refractivity contribution in [3.05, 3.63) is 53.9 Å². The molecule has 1 aromatic carbocycles. The SMILES string of the molecule is CCOC(=O)NCC1CN(c2cc(F)c(N3CCN(C(=O)CNC)CC3)c(F)c2)C(=O)O1.O=Cc1cccnc1. The molecule has 0 aliphatic carbocycles. The maximum atomic E-state index is 14.9. The second-order valence-corrected chi connectivity index (χ2v) is 8.78. The van der Waals surface area contributed by atoms with Crippen LogP contribution in [0.15, 0.2) is 36.7 Å². The zero-order chi connectivity index (χ0) is 29.1. The van der Waals surface area contributed by atoms with Gasteiger partial charge < -0.3 is 29.9 Å². The van der Waals surface area contributed by atoms with Gasteiger partial charge in [0.05, 0.1) is 31.9 Å². The summed E-state index contributed by atoms with van der Waals surface area (Å²) >= 11 is 0. The highest BCUT2D eigenvalue weighted by Crippen LogP contribution is 2.31. The second kappa shape index (κ2) is 14.7. The summed E-state index contributed by atoms with van der Waals surface area (Å²) < 4.78 is 39.6. The van der Waals surface area contributed by atoms with Crippen LogP contribution >= 0.6 is 0 Å². The Hall–Kier alpha value is -4.33. The number of hydrogen-bond acceptors (Lipinski definition) is 9. The van der Waals surface area contributed by atoms with E-state index in [0.29, 0.717) is 18.7 Å². The Balaban J connectivity index is 0.000000472. The number of carbonyl (C=O) groups is 4. The number of nitrogens with zero attached hydrogens (tertiary/aromatic N) is 4. The van der Waals surface area contributed by atoms with Gasteiger partial charge in [0.2, 0.25) is 5.91 Å². The molecule has 2 saturated heterocycles. The molecule has 0 bridgehead atoms. The predicted molar refractivity (Wildman–Crippen MR) is 141 cm³/mol. The van der Waals surface area contributed by atoms with E-state index in [2.05, 4.69) is 15.6 Å². The summed E-state index contributed by atoms with van der Waals surface area (Å²) in [5.74, 6) is -1.69. The number of benzene rings is 1. The van der Waals surface area contributed by atoms with Crippen LogP contribution in [0.2, 0.25) is 0 Å². The van der Waals surface area contributed by atoms with E-state index in [1.165, 1.54) is 6.20 Å². The van der Waals surface area contributed by atoms with Gasteiger partial charge in [-0.25, -0.2) is 18.4 Å². The molecule has 40 heavy (non-hydrogen) atoms. The molecule has 2 N–H and O–H groups in total. The summed E-state index contributed by atoms with van der Waals surface area (Å²) in [6.45, 7) is 3.40. The van der Waals surface area contributed by atoms with E-state index in [9.17, 15) is 28.0 Å². The van der Waals surface area contributed by atoms with Crippen LogP contribution in [0.1, 0.15) is 17.3 Å². The molecule has 2 aliphatic rings. The Bertz CT molecular complexity index is 1160. The van der Waals surface area contributed by atoms with E-state index in [4.69, 9.17) is 9.47 Å². The number of amides is 3. The third-order valence-electron chi connectivity index (χ3n) is 6.03. The highest BCUT2D eigenvalue weighted by molar-refractivity contribution is 5.90. The number of rotatable bonds is 8. The lowest BCUT2D eigenvalue weighted by molar-refractivity contribution is -0.130. The first-order chi connectivity index (χ1) is 19.3. The summed E-state index contributed by atoms with van der Waals surface area (Å²) in [7, 11) is 1.68. The first-order valence-corrected chi connectivity index (χ1v) is 12.7. The Morgan fingerprint density at radius 3 is 2.45 bits per heavy atom. The van der Waals surface area contributed by atoms with Gasteiger partial charge in [-0.1, -0.05) is 0 Å². The van der Waals surface area contributed by atoms with Gasteiger partial charge in [-0.2, -0.15) is 0 Å². The maximum Gasteiger partial charge on any atom is 0.414 e. The molecule has 1 atom stereocenters. The molecule has 2 aromatic rings.